The molecule has 0 saturated carbocycles. The predicted molar refractivity (Wildman–Crippen MR) is 76.8 cm³/mol. The Kier molecular flexibility index (Phi) is 3.15. The van der Waals surface area contributed by atoms with Gasteiger partial charge in [-0.1, -0.05) is 24.3 Å². The Labute approximate surface area is 114 Å². The summed E-state index contributed by atoms with van der Waals surface area (Å²) in [6, 6.07) is 8.81. The van der Waals surface area contributed by atoms with Crippen molar-refractivity contribution in [2.24, 2.45) is 7.05 Å². The van der Waals surface area contributed by atoms with E-state index in [-0.39, 0.29) is 5.54 Å². The molecule has 1 aliphatic rings. The average Bonchev–Trinajstić information content (AvgIpc) is 2.83. The maximum Gasteiger partial charge on any atom is 0.122 e. The fraction of sp³-hybridized carbons (Fsp3) is 0.438. The zero-order valence-electron chi connectivity index (χ0n) is 11.7. The van der Waals surface area contributed by atoms with Crippen molar-refractivity contribution in [1.29, 1.82) is 0 Å². The molecule has 1 aromatic carbocycles. The average molecular weight is 255 g/mol. The van der Waals surface area contributed by atoms with E-state index in [2.05, 4.69) is 46.1 Å². The van der Waals surface area contributed by atoms with E-state index in [1.54, 1.807) is 0 Å². The number of hydrogen-bond donors (Lipinski definition) is 1. The molecular weight excluding hydrogens is 234 g/mol. The van der Waals surface area contributed by atoms with Gasteiger partial charge in [-0.05, 0) is 37.3 Å². The summed E-state index contributed by atoms with van der Waals surface area (Å²) in [5.74, 6) is 1.09. The van der Waals surface area contributed by atoms with Crippen molar-refractivity contribution in [2.45, 2.75) is 38.3 Å². The van der Waals surface area contributed by atoms with E-state index in [0.717, 1.165) is 12.4 Å². The van der Waals surface area contributed by atoms with Crippen LogP contribution in [0.5, 0.6) is 0 Å². The fourth-order valence-corrected chi connectivity index (χ4v) is 3.07. The number of benzene rings is 1. The Hall–Kier alpha value is -1.61. The Morgan fingerprint density at radius 2 is 2.21 bits per heavy atom. The predicted octanol–water partition coefficient (Wildman–Crippen LogP) is 2.76. The molecule has 0 radical (unpaired) electrons. The summed E-state index contributed by atoms with van der Waals surface area (Å²) in [5, 5.41) is 3.71. The molecule has 1 heterocycles. The zero-order valence-corrected chi connectivity index (χ0v) is 11.7. The van der Waals surface area contributed by atoms with E-state index in [1.807, 2.05) is 19.4 Å². The van der Waals surface area contributed by atoms with Gasteiger partial charge in [-0.3, -0.25) is 0 Å². The first-order valence-corrected chi connectivity index (χ1v) is 6.99. The first kappa shape index (κ1) is 12.4. The maximum absolute atomic E-state index is 4.39. The standard InChI is InChI=1S/C16H21N3/c1-16(18-12-15-17-10-11-19(15)2)9-5-7-13-6-3-4-8-14(13)16/h3-4,6,8,10-11,18H,5,7,9,12H2,1-2H3/t16-/m0/s1. The lowest BCUT2D eigenvalue weighted by Gasteiger charge is -2.37. The van der Waals surface area contributed by atoms with E-state index >= 15 is 0 Å². The second-order valence-corrected chi connectivity index (χ2v) is 5.65. The molecule has 0 fully saturated rings. The molecule has 3 rings (SSSR count). The van der Waals surface area contributed by atoms with Crippen molar-refractivity contribution in [3.05, 3.63) is 53.6 Å². The smallest absolute Gasteiger partial charge is 0.122 e. The number of fused-ring (bicyclic) bond motifs is 1. The van der Waals surface area contributed by atoms with Gasteiger partial charge in [-0.2, -0.15) is 0 Å². The SMILES string of the molecule is Cn1ccnc1CN[C@@]1(C)CCCc2ccccc21. The number of hydrogen-bond acceptors (Lipinski definition) is 2. The monoisotopic (exact) mass is 255 g/mol. The highest BCUT2D eigenvalue weighted by molar-refractivity contribution is 5.35. The molecule has 0 saturated heterocycles. The molecule has 3 heteroatoms. The molecule has 2 aromatic rings. The van der Waals surface area contributed by atoms with Crippen LogP contribution in [0.2, 0.25) is 0 Å². The largest absolute Gasteiger partial charge is 0.337 e. The van der Waals surface area contributed by atoms with Crippen molar-refractivity contribution in [3.8, 4) is 0 Å². The molecule has 3 nitrogen and oxygen atoms in total. The van der Waals surface area contributed by atoms with E-state index < -0.39 is 0 Å². The van der Waals surface area contributed by atoms with Crippen LogP contribution in [0.25, 0.3) is 0 Å². The van der Waals surface area contributed by atoms with Crippen LogP contribution in [0.1, 0.15) is 36.7 Å². The van der Waals surface area contributed by atoms with Crippen LogP contribution in [0.15, 0.2) is 36.7 Å². The normalized spacial score (nSPS) is 22.2. The minimum Gasteiger partial charge on any atom is -0.337 e. The summed E-state index contributed by atoms with van der Waals surface area (Å²) < 4.78 is 2.07. The molecule has 0 aliphatic heterocycles. The minimum absolute atomic E-state index is 0.0702. The number of nitrogens with zero attached hydrogens (tertiary/aromatic N) is 2. The van der Waals surface area contributed by atoms with E-state index in [1.165, 1.54) is 30.4 Å². The Balaban J connectivity index is 1.82. The van der Waals surface area contributed by atoms with Crippen LogP contribution in [-0.4, -0.2) is 9.55 Å². The van der Waals surface area contributed by atoms with Crippen molar-refractivity contribution in [2.75, 3.05) is 0 Å². The van der Waals surface area contributed by atoms with Gasteiger partial charge in [-0.25, -0.2) is 4.98 Å². The lowest BCUT2D eigenvalue weighted by atomic mass is 9.78. The summed E-state index contributed by atoms with van der Waals surface area (Å²) in [7, 11) is 2.04. The van der Waals surface area contributed by atoms with Crippen LogP contribution >= 0.6 is 0 Å². The lowest BCUT2D eigenvalue weighted by Crippen LogP contribution is -2.42. The third-order valence-electron chi connectivity index (χ3n) is 4.29. The van der Waals surface area contributed by atoms with Gasteiger partial charge in [0.2, 0.25) is 0 Å². The summed E-state index contributed by atoms with van der Waals surface area (Å²) in [6.45, 7) is 3.13. The second kappa shape index (κ2) is 4.82. The minimum atomic E-state index is 0.0702. The Morgan fingerprint density at radius 1 is 1.37 bits per heavy atom. The highest BCUT2D eigenvalue weighted by Crippen LogP contribution is 2.34. The highest BCUT2D eigenvalue weighted by atomic mass is 15.1. The van der Waals surface area contributed by atoms with Gasteiger partial charge in [0.05, 0.1) is 6.54 Å². The second-order valence-electron chi connectivity index (χ2n) is 5.65. The van der Waals surface area contributed by atoms with Gasteiger partial charge >= 0.3 is 0 Å². The van der Waals surface area contributed by atoms with Gasteiger partial charge in [0.1, 0.15) is 5.82 Å². The summed E-state index contributed by atoms with van der Waals surface area (Å²) in [5.41, 5.74) is 3.01. The molecule has 100 valence electrons. The van der Waals surface area contributed by atoms with Crippen LogP contribution in [-0.2, 0) is 25.6 Å². The summed E-state index contributed by atoms with van der Waals surface area (Å²) in [4.78, 5) is 4.39. The molecule has 1 aromatic heterocycles. The lowest BCUT2D eigenvalue weighted by molar-refractivity contribution is 0.306. The molecule has 1 atom stereocenters. The first-order chi connectivity index (χ1) is 9.19. The van der Waals surface area contributed by atoms with E-state index in [9.17, 15) is 0 Å². The topological polar surface area (TPSA) is 29.9 Å². The van der Waals surface area contributed by atoms with Gasteiger partial charge in [-0.15, -0.1) is 0 Å². The highest BCUT2D eigenvalue weighted by Gasteiger charge is 2.31. The number of nitrogens with one attached hydrogen (secondary N) is 1. The van der Waals surface area contributed by atoms with Crippen molar-refractivity contribution in [3.63, 3.8) is 0 Å². The van der Waals surface area contributed by atoms with E-state index in [0.29, 0.717) is 0 Å². The van der Waals surface area contributed by atoms with Crippen molar-refractivity contribution >= 4 is 0 Å². The number of imidazole rings is 1. The third-order valence-corrected chi connectivity index (χ3v) is 4.29. The van der Waals surface area contributed by atoms with Crippen molar-refractivity contribution in [1.82, 2.24) is 14.9 Å². The molecule has 0 unspecified atom stereocenters. The van der Waals surface area contributed by atoms with Crippen molar-refractivity contribution < 1.29 is 0 Å². The molecular formula is C16H21N3. The van der Waals surface area contributed by atoms with E-state index in [4.69, 9.17) is 0 Å². The molecule has 1 aliphatic carbocycles. The first-order valence-electron chi connectivity index (χ1n) is 6.99. The van der Waals surface area contributed by atoms with Crippen LogP contribution in [0, 0.1) is 0 Å². The third kappa shape index (κ3) is 2.30. The van der Waals surface area contributed by atoms with Crippen LogP contribution < -0.4 is 5.32 Å². The fourth-order valence-electron chi connectivity index (χ4n) is 3.07. The van der Waals surface area contributed by atoms with Crippen LogP contribution in [0.4, 0.5) is 0 Å². The molecule has 0 spiro atoms. The zero-order chi connectivity index (χ0) is 13.3. The van der Waals surface area contributed by atoms with Gasteiger partial charge in [0.25, 0.3) is 0 Å². The molecule has 0 amide bonds. The summed E-state index contributed by atoms with van der Waals surface area (Å²) >= 11 is 0. The number of aryl methyl sites for hydroxylation is 2. The molecule has 19 heavy (non-hydrogen) atoms. The van der Waals surface area contributed by atoms with Gasteiger partial charge in [0.15, 0.2) is 0 Å². The molecule has 1 N–H and O–H groups in total. The van der Waals surface area contributed by atoms with Gasteiger partial charge < -0.3 is 9.88 Å². The summed E-state index contributed by atoms with van der Waals surface area (Å²) in [6.07, 6.45) is 7.49. The maximum atomic E-state index is 4.39. The molecule has 0 bridgehead atoms. The Bertz CT molecular complexity index is 573. The Morgan fingerprint density at radius 3 is 3.00 bits per heavy atom. The number of aromatic nitrogens is 2. The quantitative estimate of drug-likeness (QED) is 0.914. The van der Waals surface area contributed by atoms with Crippen LogP contribution in [0.3, 0.4) is 0 Å². The number of rotatable bonds is 3. The van der Waals surface area contributed by atoms with Gasteiger partial charge in [0, 0.05) is 25.0 Å².